The Labute approximate surface area is 89.2 Å². The van der Waals surface area contributed by atoms with E-state index in [9.17, 15) is 9.59 Å². The second-order valence-corrected chi connectivity index (χ2v) is 4.06. The summed E-state index contributed by atoms with van der Waals surface area (Å²) in [6.07, 6.45) is 0. The van der Waals surface area contributed by atoms with Gasteiger partial charge in [0.25, 0.3) is 11.5 Å². The first kappa shape index (κ1) is 9.88. The molecule has 0 fully saturated rings. The molecule has 0 saturated heterocycles. The van der Waals surface area contributed by atoms with E-state index in [2.05, 4.69) is 0 Å². The average molecular weight is 223 g/mol. The van der Waals surface area contributed by atoms with Gasteiger partial charge in [0.15, 0.2) is 0 Å². The van der Waals surface area contributed by atoms with Crippen molar-refractivity contribution in [3.8, 4) is 0 Å². The Hall–Kier alpha value is -1.66. The first-order valence-electron chi connectivity index (χ1n) is 4.30. The van der Waals surface area contributed by atoms with Gasteiger partial charge in [0.05, 0.1) is 10.1 Å². The van der Waals surface area contributed by atoms with E-state index in [0.717, 1.165) is 4.70 Å². The minimum absolute atomic E-state index is 0.0331. The summed E-state index contributed by atoms with van der Waals surface area (Å²) >= 11 is 1.26. The SMILES string of the molecule is NNC(=O)Cn1sc2ccccc2c1=O. The van der Waals surface area contributed by atoms with Crippen LogP contribution in [-0.4, -0.2) is 9.86 Å². The molecule has 2 aromatic rings. The largest absolute Gasteiger partial charge is 0.293 e. The lowest BCUT2D eigenvalue weighted by molar-refractivity contribution is -0.121. The number of aromatic nitrogens is 1. The van der Waals surface area contributed by atoms with Gasteiger partial charge in [0.1, 0.15) is 6.54 Å². The Morgan fingerprint density at radius 1 is 1.47 bits per heavy atom. The van der Waals surface area contributed by atoms with Gasteiger partial charge in [-0.3, -0.25) is 19.0 Å². The molecule has 0 aliphatic carbocycles. The summed E-state index contributed by atoms with van der Waals surface area (Å²) in [4.78, 5) is 22.8. The normalized spacial score (nSPS) is 10.5. The molecule has 1 heterocycles. The number of rotatable bonds is 2. The van der Waals surface area contributed by atoms with E-state index in [-0.39, 0.29) is 18.0 Å². The fourth-order valence-corrected chi connectivity index (χ4v) is 2.29. The summed E-state index contributed by atoms with van der Waals surface area (Å²) in [7, 11) is 0. The van der Waals surface area contributed by atoms with Crippen LogP contribution in [0.25, 0.3) is 10.1 Å². The highest BCUT2D eigenvalue weighted by atomic mass is 32.1. The fraction of sp³-hybridized carbons (Fsp3) is 0.111. The third kappa shape index (κ3) is 1.77. The molecular formula is C9H9N3O2S. The van der Waals surface area contributed by atoms with Crippen LogP contribution in [0.1, 0.15) is 0 Å². The van der Waals surface area contributed by atoms with Crippen LogP contribution in [0.4, 0.5) is 0 Å². The highest BCUT2D eigenvalue weighted by Crippen LogP contribution is 2.15. The number of carbonyl (C=O) groups is 1. The van der Waals surface area contributed by atoms with E-state index in [1.807, 2.05) is 17.6 Å². The van der Waals surface area contributed by atoms with E-state index in [4.69, 9.17) is 5.84 Å². The quantitative estimate of drug-likeness (QED) is 0.429. The summed E-state index contributed by atoms with van der Waals surface area (Å²) < 4.78 is 2.25. The molecule has 0 aliphatic rings. The molecule has 0 aliphatic heterocycles. The van der Waals surface area contributed by atoms with Gasteiger partial charge in [-0.2, -0.15) is 0 Å². The lowest BCUT2D eigenvalue weighted by Crippen LogP contribution is -2.34. The van der Waals surface area contributed by atoms with E-state index >= 15 is 0 Å². The monoisotopic (exact) mass is 223 g/mol. The lowest BCUT2D eigenvalue weighted by atomic mass is 10.3. The lowest BCUT2D eigenvalue weighted by Gasteiger charge is -1.97. The van der Waals surface area contributed by atoms with Gasteiger partial charge in [-0.1, -0.05) is 23.7 Å². The van der Waals surface area contributed by atoms with Crippen molar-refractivity contribution in [3.05, 3.63) is 34.6 Å². The number of nitrogens with two attached hydrogens (primary N) is 1. The van der Waals surface area contributed by atoms with Crippen LogP contribution in [0.5, 0.6) is 0 Å². The van der Waals surface area contributed by atoms with Gasteiger partial charge in [0.2, 0.25) is 0 Å². The van der Waals surface area contributed by atoms with Crippen molar-refractivity contribution in [2.75, 3.05) is 0 Å². The van der Waals surface area contributed by atoms with Crippen molar-refractivity contribution >= 4 is 27.5 Å². The zero-order valence-electron chi connectivity index (χ0n) is 7.77. The van der Waals surface area contributed by atoms with Crippen LogP contribution in [0.3, 0.4) is 0 Å². The smallest absolute Gasteiger partial charge is 0.269 e. The number of hydrogen-bond acceptors (Lipinski definition) is 4. The second kappa shape index (κ2) is 3.84. The summed E-state index contributed by atoms with van der Waals surface area (Å²) in [5.74, 6) is 4.57. The Morgan fingerprint density at radius 2 is 2.20 bits per heavy atom. The summed E-state index contributed by atoms with van der Waals surface area (Å²) in [6.45, 7) is -0.0331. The zero-order chi connectivity index (χ0) is 10.8. The molecule has 6 heteroatoms. The molecule has 0 spiro atoms. The Kier molecular flexibility index (Phi) is 2.53. The second-order valence-electron chi connectivity index (χ2n) is 3.00. The predicted octanol–water partition coefficient (Wildman–Crippen LogP) is 0.0529. The first-order valence-corrected chi connectivity index (χ1v) is 5.08. The number of benzene rings is 1. The van der Waals surface area contributed by atoms with Gasteiger partial charge in [0, 0.05) is 0 Å². The highest BCUT2D eigenvalue weighted by Gasteiger charge is 2.08. The Morgan fingerprint density at radius 3 is 2.87 bits per heavy atom. The minimum Gasteiger partial charge on any atom is -0.293 e. The van der Waals surface area contributed by atoms with E-state index in [1.165, 1.54) is 15.5 Å². The van der Waals surface area contributed by atoms with Crippen LogP contribution in [-0.2, 0) is 11.3 Å². The van der Waals surface area contributed by atoms with Crippen molar-refractivity contribution in [2.24, 2.45) is 5.84 Å². The molecular weight excluding hydrogens is 214 g/mol. The van der Waals surface area contributed by atoms with Crippen LogP contribution < -0.4 is 16.8 Å². The number of nitrogens with one attached hydrogen (secondary N) is 1. The van der Waals surface area contributed by atoms with Crippen LogP contribution in [0.15, 0.2) is 29.1 Å². The first-order chi connectivity index (χ1) is 7.22. The van der Waals surface area contributed by atoms with Crippen molar-refractivity contribution < 1.29 is 4.79 Å². The number of fused-ring (bicyclic) bond motifs is 1. The standard InChI is InChI=1S/C9H9N3O2S/c10-11-8(13)5-12-9(14)6-3-1-2-4-7(6)15-12/h1-4H,5,10H2,(H,11,13). The number of hydrazine groups is 1. The maximum absolute atomic E-state index is 11.7. The van der Waals surface area contributed by atoms with E-state index in [0.29, 0.717) is 5.39 Å². The number of hydrogen-bond donors (Lipinski definition) is 2. The molecule has 3 N–H and O–H groups in total. The van der Waals surface area contributed by atoms with Gasteiger partial charge < -0.3 is 0 Å². The predicted molar refractivity (Wildman–Crippen MR) is 58.4 cm³/mol. The van der Waals surface area contributed by atoms with E-state index in [1.54, 1.807) is 12.1 Å². The topological polar surface area (TPSA) is 77.1 Å². The summed E-state index contributed by atoms with van der Waals surface area (Å²) in [5.41, 5.74) is 1.84. The zero-order valence-corrected chi connectivity index (χ0v) is 8.58. The van der Waals surface area contributed by atoms with Crippen molar-refractivity contribution in [1.82, 2.24) is 9.38 Å². The molecule has 0 atom stereocenters. The number of nitrogens with zero attached hydrogens (tertiary/aromatic N) is 1. The molecule has 0 unspecified atom stereocenters. The van der Waals surface area contributed by atoms with Crippen LogP contribution in [0.2, 0.25) is 0 Å². The Bertz CT molecular complexity index is 558. The number of amides is 1. The molecule has 1 aromatic carbocycles. The third-order valence-corrected chi connectivity index (χ3v) is 3.07. The van der Waals surface area contributed by atoms with Crippen molar-refractivity contribution in [2.45, 2.75) is 6.54 Å². The molecule has 15 heavy (non-hydrogen) atoms. The molecule has 2 rings (SSSR count). The van der Waals surface area contributed by atoms with E-state index < -0.39 is 0 Å². The molecule has 1 aromatic heterocycles. The van der Waals surface area contributed by atoms with Gasteiger partial charge in [-0.05, 0) is 12.1 Å². The fourth-order valence-electron chi connectivity index (χ4n) is 1.30. The molecule has 78 valence electrons. The van der Waals surface area contributed by atoms with Gasteiger partial charge >= 0.3 is 0 Å². The van der Waals surface area contributed by atoms with Crippen molar-refractivity contribution in [1.29, 1.82) is 0 Å². The highest BCUT2D eigenvalue weighted by molar-refractivity contribution is 7.13. The molecule has 1 amide bonds. The minimum atomic E-state index is -0.386. The molecule has 5 nitrogen and oxygen atoms in total. The average Bonchev–Trinajstić information content (AvgIpc) is 2.57. The number of carbonyl (C=O) groups excluding carboxylic acids is 1. The van der Waals surface area contributed by atoms with Crippen molar-refractivity contribution in [3.63, 3.8) is 0 Å². The van der Waals surface area contributed by atoms with Crippen LogP contribution >= 0.6 is 11.5 Å². The molecule has 0 bridgehead atoms. The molecule has 0 saturated carbocycles. The molecule has 0 radical (unpaired) electrons. The maximum atomic E-state index is 11.7. The van der Waals surface area contributed by atoms with Gasteiger partial charge in [-0.25, -0.2) is 5.84 Å². The van der Waals surface area contributed by atoms with Gasteiger partial charge in [-0.15, -0.1) is 0 Å². The maximum Gasteiger partial charge on any atom is 0.269 e. The summed E-state index contributed by atoms with van der Waals surface area (Å²) in [5, 5.41) is 0.632. The third-order valence-electron chi connectivity index (χ3n) is 2.00. The summed E-state index contributed by atoms with van der Waals surface area (Å²) in [6, 6.07) is 7.23. The Balaban J connectivity index is 2.49. The van der Waals surface area contributed by atoms with Crippen LogP contribution in [0, 0.1) is 0 Å².